The third-order valence-electron chi connectivity index (χ3n) is 4.56. The zero-order chi connectivity index (χ0) is 23.6. The number of nitrogens with zero attached hydrogens (tertiary/aromatic N) is 5. The summed E-state index contributed by atoms with van der Waals surface area (Å²) in [5.41, 5.74) is 3.28. The van der Waals surface area contributed by atoms with Gasteiger partial charge < -0.3 is 24.6 Å². The van der Waals surface area contributed by atoms with Crippen LogP contribution in [0.25, 0.3) is 0 Å². The lowest BCUT2D eigenvalue weighted by Gasteiger charge is -2.23. The van der Waals surface area contributed by atoms with Crippen LogP contribution in [0.4, 0.5) is 11.8 Å². The van der Waals surface area contributed by atoms with E-state index in [1.165, 1.54) is 16.8 Å². The molecule has 1 aliphatic rings. The van der Waals surface area contributed by atoms with E-state index in [0.717, 1.165) is 44.2 Å². The molecule has 2 aromatic rings. The summed E-state index contributed by atoms with van der Waals surface area (Å²) in [5, 5.41) is 8.52. The lowest BCUT2D eigenvalue weighted by atomic mass is 10.1. The van der Waals surface area contributed by atoms with E-state index < -0.39 is 5.60 Å². The summed E-state index contributed by atoms with van der Waals surface area (Å²) in [6.45, 7) is 10.2. The van der Waals surface area contributed by atoms with Gasteiger partial charge in [0, 0.05) is 52.8 Å². The van der Waals surface area contributed by atoms with Gasteiger partial charge in [0.05, 0.1) is 11.3 Å². The molecular formula is C24H39N5O2. The number of hydrogen-bond acceptors (Lipinski definition) is 7. The number of likely N-dealkylation sites (N-methyl/N-ethyl adjacent to an activating group) is 1. The van der Waals surface area contributed by atoms with Crippen molar-refractivity contribution in [1.82, 2.24) is 14.9 Å². The maximum Gasteiger partial charge on any atom is 0.227 e. The molecule has 0 spiro atoms. The van der Waals surface area contributed by atoms with Crippen LogP contribution in [0.15, 0.2) is 30.3 Å². The Bertz CT molecular complexity index is 785. The highest BCUT2D eigenvalue weighted by Crippen LogP contribution is 2.26. The van der Waals surface area contributed by atoms with E-state index in [2.05, 4.69) is 67.2 Å². The minimum Gasteiger partial charge on any atom is -0.391 e. The normalized spacial score (nSPS) is 13.5. The van der Waals surface area contributed by atoms with Crippen molar-refractivity contribution in [2.45, 2.75) is 45.8 Å². The first kappa shape index (κ1) is 26.5. The van der Waals surface area contributed by atoms with Gasteiger partial charge in [0.2, 0.25) is 5.95 Å². The number of aliphatic hydroxyl groups is 1. The molecule has 2 heterocycles. The first-order valence-corrected chi connectivity index (χ1v) is 10.6. The van der Waals surface area contributed by atoms with Gasteiger partial charge in [-0.3, -0.25) is 0 Å². The smallest absolute Gasteiger partial charge is 0.227 e. The Kier molecular flexibility index (Phi) is 10.6. The lowest BCUT2D eigenvalue weighted by molar-refractivity contribution is -0.0980. The fourth-order valence-corrected chi connectivity index (χ4v) is 3.15. The van der Waals surface area contributed by atoms with E-state index in [1.54, 1.807) is 20.8 Å². The van der Waals surface area contributed by atoms with E-state index in [1.807, 2.05) is 12.9 Å². The standard InChI is InChI=1S/C19H27N5.C4H10O.CH2O/c1-22(2)18-16-10-12-23(3)13-11-17(16)20-19(21-18)24(4)14-15-8-6-5-7-9-15;1-4(2,3)5;1-2/h5-9H,10-14H2,1-4H3;5H,1-3H3;1H2. The second-order valence-corrected chi connectivity index (χ2v) is 8.98. The molecule has 0 fully saturated rings. The maximum absolute atomic E-state index is 8.52. The highest BCUT2D eigenvalue weighted by Gasteiger charge is 2.21. The number of anilines is 2. The zero-order valence-electron chi connectivity index (χ0n) is 20.2. The van der Waals surface area contributed by atoms with Crippen LogP contribution in [-0.4, -0.2) is 73.6 Å². The van der Waals surface area contributed by atoms with E-state index in [-0.39, 0.29) is 0 Å². The molecule has 0 atom stereocenters. The minimum absolute atomic E-state index is 0.500. The van der Waals surface area contributed by atoms with Crippen molar-refractivity contribution in [3.8, 4) is 0 Å². The summed E-state index contributed by atoms with van der Waals surface area (Å²) in [7, 11) is 8.38. The van der Waals surface area contributed by atoms with Crippen LogP contribution in [0.1, 0.15) is 37.6 Å². The molecular weight excluding hydrogens is 390 g/mol. The topological polar surface area (TPSA) is 72.8 Å². The van der Waals surface area contributed by atoms with Crippen LogP contribution in [0, 0.1) is 0 Å². The number of aromatic nitrogens is 2. The van der Waals surface area contributed by atoms with E-state index in [0.29, 0.717) is 0 Å². The Morgan fingerprint density at radius 2 is 1.58 bits per heavy atom. The van der Waals surface area contributed by atoms with Crippen molar-refractivity contribution in [3.05, 3.63) is 47.2 Å². The van der Waals surface area contributed by atoms with Gasteiger partial charge in [0.15, 0.2) is 0 Å². The molecule has 172 valence electrons. The number of rotatable bonds is 4. The Morgan fingerprint density at radius 1 is 1.03 bits per heavy atom. The molecule has 0 bridgehead atoms. The summed E-state index contributed by atoms with van der Waals surface area (Å²) in [4.78, 5) is 24.4. The predicted octanol–water partition coefficient (Wildman–Crippen LogP) is 2.80. The molecule has 0 amide bonds. The fraction of sp³-hybridized carbons (Fsp3) is 0.542. The van der Waals surface area contributed by atoms with Crippen LogP contribution >= 0.6 is 0 Å². The van der Waals surface area contributed by atoms with Gasteiger partial charge in [-0.25, -0.2) is 4.98 Å². The predicted molar refractivity (Wildman–Crippen MR) is 129 cm³/mol. The Balaban J connectivity index is 0.000000605. The van der Waals surface area contributed by atoms with Gasteiger partial charge in [-0.2, -0.15) is 4.98 Å². The van der Waals surface area contributed by atoms with Gasteiger partial charge in [0.25, 0.3) is 0 Å². The van der Waals surface area contributed by atoms with Crippen molar-refractivity contribution in [2.24, 2.45) is 0 Å². The van der Waals surface area contributed by atoms with Crippen LogP contribution in [0.5, 0.6) is 0 Å². The molecule has 0 radical (unpaired) electrons. The summed E-state index contributed by atoms with van der Waals surface area (Å²) in [6.07, 6.45) is 2.00. The van der Waals surface area contributed by atoms with Crippen molar-refractivity contribution < 1.29 is 9.90 Å². The molecule has 3 rings (SSSR count). The molecule has 7 heteroatoms. The molecule has 1 aromatic carbocycles. The summed E-state index contributed by atoms with van der Waals surface area (Å²) < 4.78 is 0. The summed E-state index contributed by atoms with van der Waals surface area (Å²) in [5.74, 6) is 1.87. The third-order valence-corrected chi connectivity index (χ3v) is 4.56. The molecule has 1 aromatic heterocycles. The quantitative estimate of drug-likeness (QED) is 0.801. The molecule has 0 saturated heterocycles. The third kappa shape index (κ3) is 9.44. The number of fused-ring (bicyclic) bond motifs is 1. The summed E-state index contributed by atoms with van der Waals surface area (Å²) >= 11 is 0. The number of hydrogen-bond donors (Lipinski definition) is 1. The molecule has 7 nitrogen and oxygen atoms in total. The van der Waals surface area contributed by atoms with Crippen LogP contribution in [0.3, 0.4) is 0 Å². The Labute approximate surface area is 187 Å². The molecule has 1 aliphatic heterocycles. The SMILES string of the molecule is C=O.CC(C)(C)O.CN1CCc2nc(N(C)Cc3ccccc3)nc(N(C)C)c2CC1. The highest BCUT2D eigenvalue weighted by molar-refractivity contribution is 5.53. The van der Waals surface area contributed by atoms with Crippen LogP contribution in [0.2, 0.25) is 0 Å². The first-order valence-electron chi connectivity index (χ1n) is 10.6. The second kappa shape index (κ2) is 12.4. The van der Waals surface area contributed by atoms with Gasteiger partial charge in [0.1, 0.15) is 12.6 Å². The molecule has 0 saturated carbocycles. The zero-order valence-corrected chi connectivity index (χ0v) is 20.2. The van der Waals surface area contributed by atoms with Crippen molar-refractivity contribution in [3.63, 3.8) is 0 Å². The van der Waals surface area contributed by atoms with Crippen LogP contribution in [-0.2, 0) is 24.2 Å². The Morgan fingerprint density at radius 3 is 2.13 bits per heavy atom. The first-order chi connectivity index (χ1) is 14.5. The van der Waals surface area contributed by atoms with Crippen LogP contribution < -0.4 is 9.80 Å². The second-order valence-electron chi connectivity index (χ2n) is 8.98. The number of benzene rings is 1. The van der Waals surface area contributed by atoms with Crippen molar-refractivity contribution in [2.75, 3.05) is 51.1 Å². The molecule has 1 N–H and O–H groups in total. The molecule has 0 unspecified atom stereocenters. The summed E-state index contributed by atoms with van der Waals surface area (Å²) in [6, 6.07) is 10.5. The number of carbonyl (C=O) groups is 1. The van der Waals surface area contributed by atoms with E-state index in [4.69, 9.17) is 19.9 Å². The largest absolute Gasteiger partial charge is 0.391 e. The molecule has 31 heavy (non-hydrogen) atoms. The van der Waals surface area contributed by atoms with E-state index >= 15 is 0 Å². The maximum atomic E-state index is 8.52. The van der Waals surface area contributed by atoms with Gasteiger partial charge >= 0.3 is 0 Å². The monoisotopic (exact) mass is 429 g/mol. The fourth-order valence-electron chi connectivity index (χ4n) is 3.15. The highest BCUT2D eigenvalue weighted by atomic mass is 16.3. The lowest BCUT2D eigenvalue weighted by Crippen LogP contribution is -2.23. The van der Waals surface area contributed by atoms with Crippen molar-refractivity contribution >= 4 is 18.6 Å². The Hall–Kier alpha value is -2.51. The van der Waals surface area contributed by atoms with Gasteiger partial charge in [-0.15, -0.1) is 0 Å². The van der Waals surface area contributed by atoms with Crippen molar-refractivity contribution in [1.29, 1.82) is 0 Å². The minimum atomic E-state index is -0.500. The average molecular weight is 430 g/mol. The van der Waals surface area contributed by atoms with Gasteiger partial charge in [-0.05, 0) is 39.8 Å². The molecule has 0 aliphatic carbocycles. The number of carbonyl (C=O) groups excluding carboxylic acids is 1. The van der Waals surface area contributed by atoms with E-state index in [9.17, 15) is 0 Å². The van der Waals surface area contributed by atoms with Gasteiger partial charge in [-0.1, -0.05) is 30.3 Å². The average Bonchev–Trinajstić information content (AvgIpc) is 2.90.